The van der Waals surface area contributed by atoms with Crippen LogP contribution in [0.2, 0.25) is 0 Å². The van der Waals surface area contributed by atoms with Crippen LogP contribution in [0, 0.1) is 5.92 Å². The first kappa shape index (κ1) is 43.0. The summed E-state index contributed by atoms with van der Waals surface area (Å²) in [5.41, 5.74) is 0. The van der Waals surface area contributed by atoms with Crippen LogP contribution in [0.3, 0.4) is 0 Å². The van der Waals surface area contributed by atoms with Crippen LogP contribution in [-0.4, -0.2) is 42.1 Å². The zero-order valence-corrected chi connectivity index (χ0v) is 29.5. The van der Waals surface area contributed by atoms with E-state index in [-0.39, 0.29) is 30.9 Å². The van der Waals surface area contributed by atoms with E-state index >= 15 is 0 Å². The molecule has 0 radical (unpaired) electrons. The Morgan fingerprint density at radius 2 is 1.02 bits per heavy atom. The molecule has 0 bridgehead atoms. The van der Waals surface area contributed by atoms with Crippen LogP contribution in [-0.2, 0) is 23.9 Å². The molecule has 262 valence electrons. The third kappa shape index (κ3) is 34.8. The van der Waals surface area contributed by atoms with Gasteiger partial charge in [-0.15, -0.1) is 0 Å². The van der Waals surface area contributed by atoms with Gasteiger partial charge >= 0.3 is 11.9 Å². The Kier molecular flexibility index (Phi) is 32.0. The van der Waals surface area contributed by atoms with Crippen molar-refractivity contribution in [2.75, 3.05) is 13.2 Å². The lowest BCUT2D eigenvalue weighted by Crippen LogP contribution is -2.25. The van der Waals surface area contributed by atoms with Crippen molar-refractivity contribution in [3.05, 3.63) is 24.3 Å². The quantitative estimate of drug-likeness (QED) is 0.0334. The van der Waals surface area contributed by atoms with Crippen LogP contribution in [0.1, 0.15) is 181 Å². The minimum Gasteiger partial charge on any atom is -0.463 e. The Morgan fingerprint density at radius 1 is 0.578 bits per heavy atom. The highest BCUT2D eigenvalue weighted by Crippen LogP contribution is 2.15. The van der Waals surface area contributed by atoms with E-state index in [1.807, 2.05) is 12.2 Å². The lowest BCUT2D eigenvalue weighted by Gasteiger charge is -2.12. The highest BCUT2D eigenvalue weighted by molar-refractivity contribution is 5.89. The van der Waals surface area contributed by atoms with E-state index in [0.29, 0.717) is 19.3 Å². The normalized spacial score (nSPS) is 12.4. The Hall–Kier alpha value is -1.95. The Labute approximate surface area is 277 Å². The third-order valence-corrected chi connectivity index (χ3v) is 8.09. The predicted octanol–water partition coefficient (Wildman–Crippen LogP) is 10.5. The van der Waals surface area contributed by atoms with Gasteiger partial charge in [0.1, 0.15) is 19.3 Å². The zero-order valence-electron chi connectivity index (χ0n) is 29.5. The van der Waals surface area contributed by atoms with Gasteiger partial charge in [-0.25, -0.2) is 0 Å². The molecule has 0 spiro atoms. The van der Waals surface area contributed by atoms with E-state index in [9.17, 15) is 19.5 Å². The highest BCUT2D eigenvalue weighted by atomic mass is 16.6. The maximum atomic E-state index is 11.9. The number of carbonyl (C=O) groups excluding carboxylic acids is 3. The fourth-order valence-corrected chi connectivity index (χ4v) is 5.19. The molecule has 1 N–H and O–H groups in total. The van der Waals surface area contributed by atoms with Crippen molar-refractivity contribution in [2.24, 2.45) is 5.92 Å². The van der Waals surface area contributed by atoms with Gasteiger partial charge in [0, 0.05) is 19.3 Å². The molecule has 0 heterocycles. The third-order valence-electron chi connectivity index (χ3n) is 8.09. The molecular formula is C39H70O6. The first-order valence-corrected chi connectivity index (χ1v) is 18.7. The minimum absolute atomic E-state index is 0.146. The van der Waals surface area contributed by atoms with Crippen LogP contribution in [0.4, 0.5) is 0 Å². The smallest absolute Gasteiger partial charge is 0.305 e. The van der Waals surface area contributed by atoms with Crippen molar-refractivity contribution in [1.82, 2.24) is 0 Å². The molecular weight excluding hydrogens is 564 g/mol. The van der Waals surface area contributed by atoms with Crippen molar-refractivity contribution in [1.29, 1.82) is 0 Å². The number of ketones is 1. The molecule has 0 aromatic rings. The summed E-state index contributed by atoms with van der Waals surface area (Å²) in [6, 6.07) is 0. The second-order valence-electron chi connectivity index (χ2n) is 13.2. The van der Waals surface area contributed by atoms with Crippen LogP contribution in [0.25, 0.3) is 0 Å². The number of esters is 2. The topological polar surface area (TPSA) is 89.9 Å². The fourth-order valence-electron chi connectivity index (χ4n) is 5.19. The first-order chi connectivity index (χ1) is 21.8. The average Bonchev–Trinajstić information content (AvgIpc) is 3.01. The molecule has 0 aliphatic rings. The molecule has 0 fully saturated rings. The number of rotatable bonds is 33. The van der Waals surface area contributed by atoms with Crippen LogP contribution in [0.15, 0.2) is 24.3 Å². The Balaban J connectivity index is 3.52. The molecule has 0 aliphatic carbocycles. The van der Waals surface area contributed by atoms with Crippen LogP contribution >= 0.6 is 0 Å². The standard InChI is InChI=1S/C39H70O6/c1-4-5-6-7-14-19-24-29-36(40)30-25-20-17-22-27-32-39(43)45-34-37(41)33-44-38(42)31-26-21-16-13-11-9-8-10-12-15-18-23-28-35(2)3/h14,19,24,29,35,37,41H,4-13,15-18,20-23,25-28,30-34H2,1-3H3/b19-14-,29-24+/t37-/m0/s1. The van der Waals surface area contributed by atoms with Crippen molar-refractivity contribution in [2.45, 2.75) is 187 Å². The van der Waals surface area contributed by atoms with Crippen molar-refractivity contribution >= 4 is 17.7 Å². The van der Waals surface area contributed by atoms with E-state index in [1.54, 1.807) is 6.08 Å². The van der Waals surface area contributed by atoms with Gasteiger partial charge < -0.3 is 14.6 Å². The van der Waals surface area contributed by atoms with Crippen LogP contribution in [0.5, 0.6) is 0 Å². The van der Waals surface area contributed by atoms with Crippen molar-refractivity contribution in [3.63, 3.8) is 0 Å². The second-order valence-corrected chi connectivity index (χ2v) is 13.2. The summed E-state index contributed by atoms with van der Waals surface area (Å²) < 4.78 is 10.3. The maximum absolute atomic E-state index is 11.9. The number of allylic oxidation sites excluding steroid dienone is 4. The summed E-state index contributed by atoms with van der Waals surface area (Å²) in [6.07, 6.45) is 33.3. The minimum atomic E-state index is -0.999. The molecule has 0 amide bonds. The molecule has 6 heteroatoms. The average molecular weight is 635 g/mol. The van der Waals surface area contributed by atoms with Gasteiger partial charge in [0.2, 0.25) is 0 Å². The van der Waals surface area contributed by atoms with Crippen molar-refractivity contribution < 1.29 is 29.0 Å². The SMILES string of the molecule is CCCCC/C=C\C=C\C(=O)CCCCCCCC(=O)OC[C@@H](O)COC(=O)CCCCCCCCCCCCCCC(C)C. The predicted molar refractivity (Wildman–Crippen MR) is 187 cm³/mol. The summed E-state index contributed by atoms with van der Waals surface area (Å²) >= 11 is 0. The summed E-state index contributed by atoms with van der Waals surface area (Å²) in [6.45, 7) is 6.49. The van der Waals surface area contributed by atoms with Gasteiger partial charge in [-0.05, 0) is 44.1 Å². The Morgan fingerprint density at radius 3 is 1.49 bits per heavy atom. The summed E-state index contributed by atoms with van der Waals surface area (Å²) in [4.78, 5) is 35.8. The monoisotopic (exact) mass is 635 g/mol. The van der Waals surface area contributed by atoms with Gasteiger partial charge in [0.15, 0.2) is 5.78 Å². The molecule has 6 nitrogen and oxygen atoms in total. The van der Waals surface area contributed by atoms with Gasteiger partial charge in [-0.3, -0.25) is 14.4 Å². The molecule has 45 heavy (non-hydrogen) atoms. The molecule has 0 saturated carbocycles. The molecule has 0 aromatic heterocycles. The maximum Gasteiger partial charge on any atom is 0.305 e. The van der Waals surface area contributed by atoms with E-state index < -0.39 is 6.10 Å². The van der Waals surface area contributed by atoms with E-state index in [1.165, 1.54) is 83.5 Å². The number of unbranched alkanes of at least 4 members (excludes halogenated alkanes) is 18. The summed E-state index contributed by atoms with van der Waals surface area (Å²) in [5.74, 6) is 0.341. The lowest BCUT2D eigenvalue weighted by molar-refractivity contribution is -0.152. The number of hydrogen-bond acceptors (Lipinski definition) is 6. The fraction of sp³-hybridized carbons (Fsp3) is 0.821. The number of carbonyl (C=O) groups is 3. The lowest BCUT2D eigenvalue weighted by atomic mass is 10.0. The van der Waals surface area contributed by atoms with Crippen molar-refractivity contribution in [3.8, 4) is 0 Å². The van der Waals surface area contributed by atoms with Crippen LogP contribution < -0.4 is 0 Å². The van der Waals surface area contributed by atoms with E-state index in [2.05, 4.69) is 26.8 Å². The number of aliphatic hydroxyl groups excluding tert-OH is 1. The second kappa shape index (κ2) is 33.4. The molecule has 0 unspecified atom stereocenters. The van der Waals surface area contributed by atoms with Gasteiger partial charge in [0.25, 0.3) is 0 Å². The molecule has 0 aliphatic heterocycles. The van der Waals surface area contributed by atoms with Gasteiger partial charge in [-0.2, -0.15) is 0 Å². The van der Waals surface area contributed by atoms with Gasteiger partial charge in [-0.1, -0.05) is 148 Å². The Bertz CT molecular complexity index is 757. The van der Waals surface area contributed by atoms with Gasteiger partial charge in [0.05, 0.1) is 0 Å². The molecule has 0 saturated heterocycles. The number of hydrogen-bond donors (Lipinski definition) is 1. The zero-order chi connectivity index (χ0) is 33.2. The summed E-state index contributed by atoms with van der Waals surface area (Å²) in [7, 11) is 0. The first-order valence-electron chi connectivity index (χ1n) is 18.7. The molecule has 0 aromatic carbocycles. The number of ether oxygens (including phenoxy) is 2. The number of aliphatic hydroxyl groups is 1. The molecule has 1 atom stereocenters. The largest absolute Gasteiger partial charge is 0.463 e. The molecule has 0 rings (SSSR count). The van der Waals surface area contributed by atoms with E-state index in [4.69, 9.17) is 9.47 Å². The van der Waals surface area contributed by atoms with E-state index in [0.717, 1.165) is 63.7 Å². The highest BCUT2D eigenvalue weighted by Gasteiger charge is 2.12. The summed E-state index contributed by atoms with van der Waals surface area (Å²) in [5, 5.41) is 9.99.